The molecule has 3 N–H and O–H groups in total. The van der Waals surface area contributed by atoms with Crippen molar-refractivity contribution in [3.05, 3.63) is 24.1 Å². The second kappa shape index (κ2) is 5.94. The molecule has 2 heterocycles. The van der Waals surface area contributed by atoms with Gasteiger partial charge in [0.15, 0.2) is 0 Å². The molecule has 6 nitrogen and oxygen atoms in total. The Morgan fingerprint density at radius 1 is 1.65 bits per heavy atom. The predicted molar refractivity (Wildman–Crippen MR) is 79.2 cm³/mol. The minimum atomic E-state index is -3.71. The van der Waals surface area contributed by atoms with Crippen molar-refractivity contribution in [3.63, 3.8) is 0 Å². The summed E-state index contributed by atoms with van der Waals surface area (Å²) in [5.74, 6) is 0.459. The number of nitrogens with zero attached hydrogens (tertiary/aromatic N) is 1. The summed E-state index contributed by atoms with van der Waals surface area (Å²) < 4.78 is 22.4. The summed E-state index contributed by atoms with van der Waals surface area (Å²) >= 11 is 0.990. The molecule has 8 heteroatoms. The fourth-order valence-corrected chi connectivity index (χ4v) is 3.72. The number of likely N-dealkylation sites (tertiary alicyclic amines) is 1. The SMILES string of the molecule is C=CCC1CCN(C(=O)Nc2csc(S(N)(=O)=O)c2)C1. The number of hydrogen-bond donors (Lipinski definition) is 2. The van der Waals surface area contributed by atoms with Gasteiger partial charge in [-0.15, -0.1) is 17.9 Å². The molecule has 1 aromatic rings. The topological polar surface area (TPSA) is 92.5 Å². The van der Waals surface area contributed by atoms with Gasteiger partial charge in [-0.3, -0.25) is 0 Å². The van der Waals surface area contributed by atoms with Crippen LogP contribution in [0.15, 0.2) is 28.3 Å². The summed E-state index contributed by atoms with van der Waals surface area (Å²) in [4.78, 5) is 13.8. The van der Waals surface area contributed by atoms with Crippen molar-refractivity contribution in [2.75, 3.05) is 18.4 Å². The van der Waals surface area contributed by atoms with Crippen LogP contribution in [0.1, 0.15) is 12.8 Å². The van der Waals surface area contributed by atoms with Crippen LogP contribution in [0.25, 0.3) is 0 Å². The number of carbonyl (C=O) groups is 1. The molecule has 1 unspecified atom stereocenters. The number of primary sulfonamides is 1. The Hall–Kier alpha value is -1.38. The van der Waals surface area contributed by atoms with Crippen LogP contribution in [-0.4, -0.2) is 32.4 Å². The molecule has 2 rings (SSSR count). The van der Waals surface area contributed by atoms with E-state index in [9.17, 15) is 13.2 Å². The smallest absolute Gasteiger partial charge is 0.321 e. The van der Waals surface area contributed by atoms with Gasteiger partial charge in [0.05, 0.1) is 5.69 Å². The highest BCUT2D eigenvalue weighted by atomic mass is 32.2. The maximum atomic E-state index is 12.0. The molecule has 0 aromatic carbocycles. The van der Waals surface area contributed by atoms with Crippen molar-refractivity contribution in [2.24, 2.45) is 11.1 Å². The second-order valence-electron chi connectivity index (χ2n) is 4.75. The van der Waals surface area contributed by atoms with E-state index in [-0.39, 0.29) is 10.2 Å². The van der Waals surface area contributed by atoms with Crippen molar-refractivity contribution in [1.82, 2.24) is 4.90 Å². The van der Waals surface area contributed by atoms with Gasteiger partial charge in [0.2, 0.25) is 10.0 Å². The van der Waals surface area contributed by atoms with E-state index in [0.29, 0.717) is 24.7 Å². The standard InChI is InChI=1S/C12H17N3O3S2/c1-2-3-9-4-5-15(7-9)12(16)14-10-6-11(19-8-10)20(13,17)18/h2,6,8-9H,1,3-5,7H2,(H,14,16)(H2,13,17,18). The number of thiophene rings is 1. The Labute approximate surface area is 122 Å². The summed E-state index contributed by atoms with van der Waals surface area (Å²) in [7, 11) is -3.71. The molecule has 1 fully saturated rings. The van der Waals surface area contributed by atoms with Gasteiger partial charge in [0.25, 0.3) is 0 Å². The maximum Gasteiger partial charge on any atom is 0.321 e. The zero-order chi connectivity index (χ0) is 14.8. The molecule has 0 saturated carbocycles. The van der Waals surface area contributed by atoms with E-state index in [2.05, 4.69) is 11.9 Å². The largest absolute Gasteiger partial charge is 0.324 e. The fourth-order valence-electron chi connectivity index (χ4n) is 2.18. The average Bonchev–Trinajstić information content (AvgIpc) is 2.97. The maximum absolute atomic E-state index is 12.0. The van der Waals surface area contributed by atoms with Gasteiger partial charge >= 0.3 is 6.03 Å². The van der Waals surface area contributed by atoms with Gasteiger partial charge in [0, 0.05) is 18.5 Å². The average molecular weight is 315 g/mol. The van der Waals surface area contributed by atoms with Crippen LogP contribution >= 0.6 is 11.3 Å². The van der Waals surface area contributed by atoms with Gasteiger partial charge in [-0.1, -0.05) is 6.08 Å². The number of anilines is 1. The monoisotopic (exact) mass is 315 g/mol. The van der Waals surface area contributed by atoms with Crippen LogP contribution in [0, 0.1) is 5.92 Å². The van der Waals surface area contributed by atoms with Gasteiger partial charge in [-0.2, -0.15) is 0 Å². The van der Waals surface area contributed by atoms with Crippen LogP contribution in [0.2, 0.25) is 0 Å². The summed E-state index contributed by atoms with van der Waals surface area (Å²) in [6, 6.07) is 1.16. The van der Waals surface area contributed by atoms with E-state index in [1.54, 1.807) is 10.3 Å². The highest BCUT2D eigenvalue weighted by molar-refractivity contribution is 7.91. The lowest BCUT2D eigenvalue weighted by molar-refractivity contribution is 0.221. The van der Waals surface area contributed by atoms with Crippen LogP contribution in [-0.2, 0) is 10.0 Å². The third-order valence-corrected chi connectivity index (χ3v) is 5.57. The summed E-state index contributed by atoms with van der Waals surface area (Å²) in [6.07, 6.45) is 3.73. The lowest BCUT2D eigenvalue weighted by Gasteiger charge is -2.16. The van der Waals surface area contributed by atoms with E-state index in [0.717, 1.165) is 24.2 Å². The van der Waals surface area contributed by atoms with E-state index < -0.39 is 10.0 Å². The molecule has 1 aliphatic rings. The number of carbonyl (C=O) groups excluding carboxylic acids is 1. The van der Waals surface area contributed by atoms with Crippen LogP contribution in [0.4, 0.5) is 10.5 Å². The molecule has 1 saturated heterocycles. The third-order valence-electron chi connectivity index (χ3n) is 3.18. The van der Waals surface area contributed by atoms with Gasteiger partial charge in [-0.25, -0.2) is 18.4 Å². The van der Waals surface area contributed by atoms with Crippen molar-refractivity contribution < 1.29 is 13.2 Å². The van der Waals surface area contributed by atoms with Crippen LogP contribution < -0.4 is 10.5 Å². The minimum absolute atomic E-state index is 0.0405. The third kappa shape index (κ3) is 3.59. The number of hydrogen-bond acceptors (Lipinski definition) is 4. The summed E-state index contributed by atoms with van der Waals surface area (Å²) in [5, 5.41) is 9.28. The number of allylic oxidation sites excluding steroid dienone is 1. The molecule has 1 atom stereocenters. The highest BCUT2D eigenvalue weighted by Gasteiger charge is 2.25. The quantitative estimate of drug-likeness (QED) is 0.830. The molecule has 1 aliphatic heterocycles. The fraction of sp³-hybridized carbons (Fsp3) is 0.417. The second-order valence-corrected chi connectivity index (χ2v) is 7.45. The zero-order valence-electron chi connectivity index (χ0n) is 10.9. The molecule has 20 heavy (non-hydrogen) atoms. The number of urea groups is 1. The lowest BCUT2D eigenvalue weighted by Crippen LogP contribution is -2.32. The summed E-state index contributed by atoms with van der Waals surface area (Å²) in [5.41, 5.74) is 0.455. The predicted octanol–water partition coefficient (Wildman–Crippen LogP) is 1.83. The van der Waals surface area contributed by atoms with Crippen molar-refractivity contribution in [2.45, 2.75) is 17.1 Å². The van der Waals surface area contributed by atoms with Crippen LogP contribution in [0.3, 0.4) is 0 Å². The highest BCUT2D eigenvalue weighted by Crippen LogP contribution is 2.24. The summed E-state index contributed by atoms with van der Waals surface area (Å²) in [6.45, 7) is 5.10. The van der Waals surface area contributed by atoms with E-state index in [4.69, 9.17) is 5.14 Å². The van der Waals surface area contributed by atoms with Gasteiger partial charge in [-0.05, 0) is 24.8 Å². The van der Waals surface area contributed by atoms with Gasteiger partial charge in [0.1, 0.15) is 4.21 Å². The minimum Gasteiger partial charge on any atom is -0.324 e. The molecule has 0 bridgehead atoms. The van der Waals surface area contributed by atoms with Crippen molar-refractivity contribution in [3.8, 4) is 0 Å². The molecule has 0 aliphatic carbocycles. The molecule has 1 aromatic heterocycles. The Balaban J connectivity index is 1.95. The first-order chi connectivity index (χ1) is 9.40. The number of nitrogens with two attached hydrogens (primary N) is 1. The lowest BCUT2D eigenvalue weighted by atomic mass is 10.1. The Morgan fingerprint density at radius 3 is 3.00 bits per heavy atom. The van der Waals surface area contributed by atoms with E-state index in [1.165, 1.54) is 6.07 Å². The molecule has 0 spiro atoms. The molecule has 0 radical (unpaired) electrons. The van der Waals surface area contributed by atoms with Gasteiger partial charge < -0.3 is 10.2 Å². The number of nitrogens with one attached hydrogen (secondary N) is 1. The first-order valence-corrected chi connectivity index (χ1v) is 8.61. The molecular weight excluding hydrogens is 298 g/mol. The Kier molecular flexibility index (Phi) is 4.46. The van der Waals surface area contributed by atoms with Crippen LogP contribution in [0.5, 0.6) is 0 Å². The van der Waals surface area contributed by atoms with Crippen molar-refractivity contribution in [1.29, 1.82) is 0 Å². The molecule has 110 valence electrons. The normalized spacial score (nSPS) is 19.1. The van der Waals surface area contributed by atoms with E-state index >= 15 is 0 Å². The first kappa shape index (κ1) is 15.0. The number of sulfonamides is 1. The molecule has 2 amide bonds. The Morgan fingerprint density at radius 2 is 2.40 bits per heavy atom. The first-order valence-electron chi connectivity index (χ1n) is 6.18. The number of amides is 2. The van der Waals surface area contributed by atoms with E-state index in [1.807, 2.05) is 6.08 Å². The number of rotatable bonds is 4. The zero-order valence-corrected chi connectivity index (χ0v) is 12.5. The van der Waals surface area contributed by atoms with Crippen molar-refractivity contribution >= 4 is 33.1 Å². The Bertz CT molecular complexity index is 609. The molecular formula is C12H17N3O3S2.